The highest BCUT2D eigenvalue weighted by Crippen LogP contribution is 2.27. The second-order valence-electron chi connectivity index (χ2n) is 3.88. The number of halogens is 2. The molecule has 8 heteroatoms. The molecule has 0 aromatic heterocycles. The number of amides is 1. The van der Waals surface area contributed by atoms with Crippen LogP contribution in [0.1, 0.15) is 13.8 Å². The third-order valence-corrected chi connectivity index (χ3v) is 3.98. The molecule has 112 valence electrons. The van der Waals surface area contributed by atoms with Crippen LogP contribution in [0.15, 0.2) is 23.1 Å². The van der Waals surface area contributed by atoms with Gasteiger partial charge < -0.3 is 9.64 Å². The van der Waals surface area contributed by atoms with E-state index >= 15 is 0 Å². The van der Waals surface area contributed by atoms with E-state index in [9.17, 15) is 17.6 Å². The quantitative estimate of drug-likeness (QED) is 0.751. The van der Waals surface area contributed by atoms with Crippen molar-refractivity contribution in [2.75, 3.05) is 19.7 Å². The van der Waals surface area contributed by atoms with Crippen molar-refractivity contribution in [3.63, 3.8) is 0 Å². The summed E-state index contributed by atoms with van der Waals surface area (Å²) in [4.78, 5) is 12.8. The van der Waals surface area contributed by atoms with Gasteiger partial charge in [-0.15, -0.1) is 0 Å². The fraction of sp³-hybridized carbons (Fsp3) is 0.417. The van der Waals surface area contributed by atoms with Crippen LogP contribution in [-0.4, -0.2) is 38.9 Å². The second-order valence-corrected chi connectivity index (χ2v) is 6.42. The molecule has 5 nitrogen and oxygen atoms in total. The van der Waals surface area contributed by atoms with Crippen LogP contribution < -0.4 is 4.74 Å². The van der Waals surface area contributed by atoms with Crippen LogP contribution in [0.3, 0.4) is 0 Å². The minimum Gasteiger partial charge on any atom is -0.482 e. The molecule has 0 atom stereocenters. The normalized spacial score (nSPS) is 11.2. The zero-order valence-electron chi connectivity index (χ0n) is 11.1. The molecule has 0 aliphatic rings. The van der Waals surface area contributed by atoms with Gasteiger partial charge >= 0.3 is 0 Å². The van der Waals surface area contributed by atoms with Gasteiger partial charge in [-0.05, 0) is 32.0 Å². The SMILES string of the molecule is CCN(CC)C(=O)COc1ccc(F)cc1S(=O)(=O)Cl. The molecule has 0 saturated carbocycles. The number of ether oxygens (including phenoxy) is 1. The van der Waals surface area contributed by atoms with Crippen LogP contribution in [0.4, 0.5) is 4.39 Å². The molecule has 0 aliphatic carbocycles. The average molecular weight is 324 g/mol. The Kier molecular flexibility index (Phi) is 5.76. The minimum atomic E-state index is -4.15. The fourth-order valence-electron chi connectivity index (χ4n) is 1.60. The van der Waals surface area contributed by atoms with Crippen LogP contribution in [0.25, 0.3) is 0 Å². The monoisotopic (exact) mass is 323 g/mol. The van der Waals surface area contributed by atoms with Gasteiger partial charge in [-0.3, -0.25) is 4.79 Å². The van der Waals surface area contributed by atoms with E-state index in [1.807, 2.05) is 13.8 Å². The van der Waals surface area contributed by atoms with Crippen LogP contribution in [-0.2, 0) is 13.8 Å². The molecule has 0 N–H and O–H groups in total. The number of carbonyl (C=O) groups excluding carboxylic acids is 1. The average Bonchev–Trinajstić information content (AvgIpc) is 2.37. The second kappa shape index (κ2) is 6.90. The third kappa shape index (κ3) is 4.35. The third-order valence-electron chi connectivity index (χ3n) is 2.64. The summed E-state index contributed by atoms with van der Waals surface area (Å²) in [6, 6.07) is 2.91. The van der Waals surface area contributed by atoms with Gasteiger partial charge in [0.2, 0.25) is 0 Å². The van der Waals surface area contributed by atoms with Crippen LogP contribution in [0, 0.1) is 5.82 Å². The summed E-state index contributed by atoms with van der Waals surface area (Å²) < 4.78 is 40.8. The lowest BCUT2D eigenvalue weighted by atomic mass is 10.3. The van der Waals surface area contributed by atoms with Crippen LogP contribution in [0.2, 0.25) is 0 Å². The van der Waals surface area contributed by atoms with Gasteiger partial charge in [0.05, 0.1) is 0 Å². The van der Waals surface area contributed by atoms with E-state index in [4.69, 9.17) is 15.4 Å². The van der Waals surface area contributed by atoms with Gasteiger partial charge in [0.1, 0.15) is 16.5 Å². The minimum absolute atomic E-state index is 0.151. The molecule has 0 unspecified atom stereocenters. The Morgan fingerprint density at radius 1 is 1.35 bits per heavy atom. The smallest absolute Gasteiger partial charge is 0.265 e. The lowest BCUT2D eigenvalue weighted by molar-refractivity contribution is -0.133. The summed E-state index contributed by atoms with van der Waals surface area (Å²) in [6.45, 7) is 4.32. The van der Waals surface area contributed by atoms with E-state index in [0.29, 0.717) is 13.1 Å². The van der Waals surface area contributed by atoms with Crippen molar-refractivity contribution >= 4 is 25.6 Å². The molecule has 0 fully saturated rings. The summed E-state index contributed by atoms with van der Waals surface area (Å²) in [7, 11) is 1.05. The summed E-state index contributed by atoms with van der Waals surface area (Å²) >= 11 is 0. The molecule has 1 aromatic rings. The Morgan fingerprint density at radius 3 is 2.45 bits per heavy atom. The van der Waals surface area contributed by atoms with Crippen molar-refractivity contribution in [2.24, 2.45) is 0 Å². The van der Waals surface area contributed by atoms with Gasteiger partial charge in [-0.25, -0.2) is 12.8 Å². The van der Waals surface area contributed by atoms with Crippen molar-refractivity contribution in [3.05, 3.63) is 24.0 Å². The highest BCUT2D eigenvalue weighted by molar-refractivity contribution is 8.13. The maximum absolute atomic E-state index is 13.1. The fourth-order valence-corrected chi connectivity index (χ4v) is 2.58. The molecular formula is C12H15ClFNO4S. The summed E-state index contributed by atoms with van der Waals surface area (Å²) in [5.41, 5.74) is 0. The van der Waals surface area contributed by atoms with Crippen molar-refractivity contribution in [1.82, 2.24) is 4.90 Å². The molecule has 0 radical (unpaired) electrons. The van der Waals surface area contributed by atoms with E-state index in [0.717, 1.165) is 18.2 Å². The summed E-state index contributed by atoms with van der Waals surface area (Å²) in [5.74, 6) is -1.20. The molecule has 1 rings (SSSR count). The number of nitrogens with zero attached hydrogens (tertiary/aromatic N) is 1. The van der Waals surface area contributed by atoms with E-state index in [1.165, 1.54) is 4.90 Å². The van der Waals surface area contributed by atoms with Crippen molar-refractivity contribution in [2.45, 2.75) is 18.7 Å². The van der Waals surface area contributed by atoms with Gasteiger partial charge in [0, 0.05) is 23.8 Å². The van der Waals surface area contributed by atoms with Gasteiger partial charge in [0.25, 0.3) is 15.0 Å². The summed E-state index contributed by atoms with van der Waals surface area (Å²) in [5, 5.41) is 0. The molecule has 0 saturated heterocycles. The van der Waals surface area contributed by atoms with E-state index in [2.05, 4.69) is 0 Å². The lowest BCUT2D eigenvalue weighted by Gasteiger charge is -2.19. The Labute approximate surface area is 121 Å². The first-order chi connectivity index (χ1) is 9.29. The molecule has 0 heterocycles. The number of rotatable bonds is 6. The van der Waals surface area contributed by atoms with E-state index < -0.39 is 19.8 Å². The van der Waals surface area contributed by atoms with Crippen molar-refractivity contribution in [3.8, 4) is 5.75 Å². The number of hydrogen-bond acceptors (Lipinski definition) is 4. The first-order valence-electron chi connectivity index (χ1n) is 5.94. The predicted molar refractivity (Wildman–Crippen MR) is 72.9 cm³/mol. The maximum Gasteiger partial charge on any atom is 0.265 e. The highest BCUT2D eigenvalue weighted by atomic mass is 35.7. The molecule has 1 aromatic carbocycles. The standard InChI is InChI=1S/C12H15ClFNO4S/c1-3-15(4-2)12(16)8-19-10-6-5-9(14)7-11(10)20(13,17)18/h5-7H,3-4,8H2,1-2H3. The van der Waals surface area contributed by atoms with Crippen molar-refractivity contribution < 1.29 is 22.3 Å². The highest BCUT2D eigenvalue weighted by Gasteiger charge is 2.19. The molecular weight excluding hydrogens is 309 g/mol. The number of likely N-dealkylation sites (N-methyl/N-ethyl adjacent to an activating group) is 1. The van der Waals surface area contributed by atoms with Crippen molar-refractivity contribution in [1.29, 1.82) is 0 Å². The molecule has 0 bridgehead atoms. The summed E-state index contributed by atoms with van der Waals surface area (Å²) in [6.07, 6.45) is 0. The number of hydrogen-bond donors (Lipinski definition) is 0. The number of carbonyl (C=O) groups is 1. The first kappa shape index (κ1) is 16.7. The van der Waals surface area contributed by atoms with Gasteiger partial charge in [-0.1, -0.05) is 0 Å². The lowest BCUT2D eigenvalue weighted by Crippen LogP contribution is -2.34. The topological polar surface area (TPSA) is 63.7 Å². The Balaban J connectivity index is 2.91. The predicted octanol–water partition coefficient (Wildman–Crippen LogP) is 2.00. The van der Waals surface area contributed by atoms with E-state index in [1.54, 1.807) is 0 Å². The van der Waals surface area contributed by atoms with Gasteiger partial charge in [0.15, 0.2) is 6.61 Å². The number of benzene rings is 1. The maximum atomic E-state index is 13.1. The Hall–Kier alpha value is -1.34. The Bertz CT molecular complexity index is 587. The molecule has 0 aliphatic heterocycles. The molecule has 1 amide bonds. The van der Waals surface area contributed by atoms with Crippen LogP contribution in [0.5, 0.6) is 5.75 Å². The molecule has 20 heavy (non-hydrogen) atoms. The Morgan fingerprint density at radius 2 is 1.95 bits per heavy atom. The van der Waals surface area contributed by atoms with Gasteiger partial charge in [-0.2, -0.15) is 0 Å². The first-order valence-corrected chi connectivity index (χ1v) is 8.25. The largest absolute Gasteiger partial charge is 0.482 e. The van der Waals surface area contributed by atoms with E-state index in [-0.39, 0.29) is 18.3 Å². The zero-order chi connectivity index (χ0) is 15.3. The zero-order valence-corrected chi connectivity index (χ0v) is 12.7. The molecule has 0 spiro atoms. The van der Waals surface area contributed by atoms with Crippen LogP contribution >= 0.6 is 10.7 Å².